The highest BCUT2D eigenvalue weighted by atomic mass is 19.4. The fraction of sp³-hybridized carbons (Fsp3) is 0.405. The standard InChI is InChI=1S/C37H40F3N7O4/c38-37(39,40)27-5-2-4-26(20-27)34(50)43-35-41-31-21-29(11-12-32(31)47(35)28-9-7-24(23-48)8-10-28)45-17-15-44(16-18-45)22-25-3-1-6-30(19-25)46-14-13-33(49)42-36(46)51/h1-6,11-12,19-21,24,28,48H,7-10,13-18,22-23H2,(H,41,43,50)(H,42,49,51). The molecule has 0 atom stereocenters. The monoisotopic (exact) mass is 703 g/mol. The normalized spacial score (nSPS) is 20.5. The lowest BCUT2D eigenvalue weighted by molar-refractivity contribution is -0.137. The number of alkyl halides is 3. The molecule has 51 heavy (non-hydrogen) atoms. The van der Waals surface area contributed by atoms with E-state index in [1.165, 1.54) is 12.1 Å². The van der Waals surface area contributed by atoms with Crippen LogP contribution >= 0.6 is 0 Å². The number of piperazine rings is 1. The zero-order chi connectivity index (χ0) is 35.7. The third-order valence-corrected chi connectivity index (χ3v) is 10.2. The summed E-state index contributed by atoms with van der Waals surface area (Å²) < 4.78 is 42.1. The third-order valence-electron chi connectivity index (χ3n) is 10.2. The maximum absolute atomic E-state index is 13.4. The number of halogens is 3. The highest BCUT2D eigenvalue weighted by Crippen LogP contribution is 2.38. The number of imidazole rings is 1. The van der Waals surface area contributed by atoms with E-state index in [2.05, 4.69) is 20.4 Å². The second-order valence-electron chi connectivity index (χ2n) is 13.6. The van der Waals surface area contributed by atoms with E-state index in [-0.39, 0.29) is 42.4 Å². The summed E-state index contributed by atoms with van der Waals surface area (Å²) in [5.41, 5.74) is 3.33. The van der Waals surface area contributed by atoms with Crippen molar-refractivity contribution in [1.82, 2.24) is 19.8 Å². The number of aliphatic hydroxyl groups is 1. The van der Waals surface area contributed by atoms with Gasteiger partial charge in [0.15, 0.2) is 0 Å². The zero-order valence-electron chi connectivity index (χ0n) is 28.0. The van der Waals surface area contributed by atoms with Crippen LogP contribution in [0.15, 0.2) is 66.7 Å². The smallest absolute Gasteiger partial charge is 0.396 e. The van der Waals surface area contributed by atoms with Crippen LogP contribution in [0.4, 0.5) is 35.3 Å². The molecule has 3 heterocycles. The number of amides is 4. The number of fused-ring (bicyclic) bond motifs is 1. The van der Waals surface area contributed by atoms with Crippen LogP contribution < -0.4 is 20.4 Å². The summed E-state index contributed by atoms with van der Waals surface area (Å²) in [5.74, 6) is -0.424. The molecular formula is C37H40F3N7O4. The van der Waals surface area contributed by atoms with Gasteiger partial charge in [-0.25, -0.2) is 9.78 Å². The van der Waals surface area contributed by atoms with Crippen LogP contribution in [-0.2, 0) is 17.5 Å². The molecule has 3 aliphatic rings. The van der Waals surface area contributed by atoms with Crippen molar-refractivity contribution >= 4 is 46.2 Å². The minimum absolute atomic E-state index is 0.00861. The summed E-state index contributed by atoms with van der Waals surface area (Å²) in [6, 6.07) is 17.8. The number of aliphatic hydroxyl groups excluding tert-OH is 1. The van der Waals surface area contributed by atoms with E-state index in [1.807, 2.05) is 47.0 Å². The van der Waals surface area contributed by atoms with Crippen LogP contribution in [0, 0.1) is 5.92 Å². The van der Waals surface area contributed by atoms with E-state index in [9.17, 15) is 32.7 Å². The van der Waals surface area contributed by atoms with Gasteiger partial charge < -0.3 is 14.6 Å². The van der Waals surface area contributed by atoms with E-state index < -0.39 is 23.7 Å². The first kappa shape index (κ1) is 34.5. The molecule has 4 aromatic rings. The van der Waals surface area contributed by atoms with E-state index >= 15 is 0 Å². The van der Waals surface area contributed by atoms with Crippen LogP contribution in [0.1, 0.15) is 59.6 Å². The second kappa shape index (κ2) is 14.3. The molecule has 268 valence electrons. The summed E-state index contributed by atoms with van der Waals surface area (Å²) in [6.45, 7) is 4.35. The van der Waals surface area contributed by atoms with Crippen LogP contribution in [-0.4, -0.2) is 76.7 Å². The highest BCUT2D eigenvalue weighted by molar-refractivity contribution is 6.06. The van der Waals surface area contributed by atoms with Crippen molar-refractivity contribution in [3.05, 3.63) is 83.4 Å². The molecule has 11 nitrogen and oxygen atoms in total. The number of carbonyl (C=O) groups is 3. The van der Waals surface area contributed by atoms with Crippen molar-refractivity contribution in [3.63, 3.8) is 0 Å². The lowest BCUT2D eigenvalue weighted by Gasteiger charge is -2.36. The molecule has 0 unspecified atom stereocenters. The summed E-state index contributed by atoms with van der Waals surface area (Å²) in [4.78, 5) is 48.3. The first-order valence-corrected chi connectivity index (χ1v) is 17.3. The molecule has 3 fully saturated rings. The van der Waals surface area contributed by atoms with Crippen LogP contribution in [0.25, 0.3) is 11.0 Å². The molecule has 3 N–H and O–H groups in total. The van der Waals surface area contributed by atoms with Gasteiger partial charge in [-0.1, -0.05) is 18.2 Å². The predicted molar refractivity (Wildman–Crippen MR) is 187 cm³/mol. The van der Waals surface area contributed by atoms with E-state index in [0.717, 1.165) is 86.4 Å². The van der Waals surface area contributed by atoms with E-state index in [1.54, 1.807) is 4.90 Å². The van der Waals surface area contributed by atoms with Gasteiger partial charge in [0.25, 0.3) is 5.91 Å². The molecule has 0 bridgehead atoms. The van der Waals surface area contributed by atoms with Crippen molar-refractivity contribution in [2.24, 2.45) is 5.92 Å². The van der Waals surface area contributed by atoms with Crippen molar-refractivity contribution in [2.45, 2.75) is 50.9 Å². The van der Waals surface area contributed by atoms with E-state index in [0.29, 0.717) is 18.6 Å². The van der Waals surface area contributed by atoms with Crippen LogP contribution in [0.3, 0.4) is 0 Å². The molecule has 2 aliphatic heterocycles. The number of benzene rings is 3. The average molecular weight is 704 g/mol. The lowest BCUT2D eigenvalue weighted by atomic mass is 9.86. The number of anilines is 3. The minimum atomic E-state index is -4.57. The molecule has 4 amide bonds. The number of nitrogens with zero attached hydrogens (tertiary/aromatic N) is 5. The Kier molecular flexibility index (Phi) is 9.71. The number of imide groups is 1. The quantitative estimate of drug-likeness (QED) is 0.212. The first-order valence-electron chi connectivity index (χ1n) is 17.3. The molecule has 1 saturated carbocycles. The van der Waals surface area contributed by atoms with Crippen LogP contribution in [0.5, 0.6) is 0 Å². The molecule has 14 heteroatoms. The highest BCUT2D eigenvalue weighted by Gasteiger charge is 2.32. The van der Waals surface area contributed by atoms with Gasteiger partial charge >= 0.3 is 12.2 Å². The number of hydrogen-bond acceptors (Lipinski definition) is 7. The molecule has 1 aromatic heterocycles. The number of urea groups is 1. The first-order chi connectivity index (χ1) is 24.6. The molecule has 0 radical (unpaired) electrons. The summed E-state index contributed by atoms with van der Waals surface area (Å²) >= 11 is 0. The predicted octanol–water partition coefficient (Wildman–Crippen LogP) is 5.80. The van der Waals surface area contributed by atoms with Gasteiger partial charge in [-0.2, -0.15) is 13.2 Å². The Labute approximate surface area is 293 Å². The second-order valence-corrected chi connectivity index (χ2v) is 13.6. The van der Waals surface area contributed by atoms with Crippen molar-refractivity contribution < 1.29 is 32.7 Å². The zero-order valence-corrected chi connectivity index (χ0v) is 28.0. The largest absolute Gasteiger partial charge is 0.416 e. The van der Waals surface area contributed by atoms with Gasteiger partial charge in [0, 0.05) is 75.3 Å². The summed E-state index contributed by atoms with van der Waals surface area (Å²) in [5, 5.41) is 14.9. The Morgan fingerprint density at radius 3 is 2.39 bits per heavy atom. The van der Waals surface area contributed by atoms with Gasteiger partial charge in [0.1, 0.15) is 0 Å². The Bertz CT molecular complexity index is 1930. The SMILES string of the molecule is O=C1CCN(c2cccc(CN3CCN(c4ccc5c(c4)nc(NC(=O)c4cccc(C(F)(F)F)c4)n5C4CCC(CO)CC4)CC3)c2)C(=O)N1. The fourth-order valence-electron chi connectivity index (χ4n) is 7.39. The Morgan fingerprint density at radius 1 is 0.902 bits per heavy atom. The Hall–Kier alpha value is -4.95. The average Bonchev–Trinajstić information content (AvgIpc) is 3.48. The maximum Gasteiger partial charge on any atom is 0.416 e. The molecule has 7 rings (SSSR count). The summed E-state index contributed by atoms with van der Waals surface area (Å²) in [7, 11) is 0. The number of nitrogens with one attached hydrogen (secondary N) is 2. The Balaban J connectivity index is 1.07. The van der Waals surface area contributed by atoms with Gasteiger partial charge in [-0.15, -0.1) is 0 Å². The van der Waals surface area contributed by atoms with Gasteiger partial charge in [-0.05, 0) is 85.7 Å². The molecule has 0 spiro atoms. The third kappa shape index (κ3) is 7.57. The molecule has 1 aliphatic carbocycles. The molecule has 2 saturated heterocycles. The van der Waals surface area contributed by atoms with Gasteiger partial charge in [-0.3, -0.25) is 30.0 Å². The fourth-order valence-corrected chi connectivity index (χ4v) is 7.39. The van der Waals surface area contributed by atoms with Crippen molar-refractivity contribution in [2.75, 3.05) is 54.4 Å². The molecule has 3 aromatic carbocycles. The van der Waals surface area contributed by atoms with Crippen molar-refractivity contribution in [3.8, 4) is 0 Å². The number of carbonyl (C=O) groups excluding carboxylic acids is 3. The summed E-state index contributed by atoms with van der Waals surface area (Å²) in [6.07, 6.45) is -1.10. The van der Waals surface area contributed by atoms with Crippen LogP contribution in [0.2, 0.25) is 0 Å². The maximum atomic E-state index is 13.4. The van der Waals surface area contributed by atoms with Crippen molar-refractivity contribution in [1.29, 1.82) is 0 Å². The van der Waals surface area contributed by atoms with E-state index in [4.69, 9.17) is 4.98 Å². The lowest BCUT2D eigenvalue weighted by Crippen LogP contribution is -2.49. The Morgan fingerprint density at radius 2 is 1.67 bits per heavy atom. The van der Waals surface area contributed by atoms with Gasteiger partial charge in [0.05, 0.1) is 16.6 Å². The minimum Gasteiger partial charge on any atom is -0.396 e. The van der Waals surface area contributed by atoms with Gasteiger partial charge in [0.2, 0.25) is 11.9 Å². The topological polar surface area (TPSA) is 123 Å². The number of aromatic nitrogens is 2. The number of rotatable bonds is 8. The number of hydrogen-bond donors (Lipinski definition) is 3. The molecular weight excluding hydrogens is 663 g/mol.